The number of hydrogen-bond donors (Lipinski definition) is 1. The SMILES string of the molecule is CC(N)c1ccc(SC2CCC(C)C(C)C2)cc1. The van der Waals surface area contributed by atoms with Gasteiger partial charge in [-0.15, -0.1) is 11.8 Å². The summed E-state index contributed by atoms with van der Waals surface area (Å²) in [7, 11) is 0. The van der Waals surface area contributed by atoms with E-state index in [0.29, 0.717) is 0 Å². The van der Waals surface area contributed by atoms with Crippen LogP contribution in [0.2, 0.25) is 0 Å². The van der Waals surface area contributed by atoms with Gasteiger partial charge in [0.2, 0.25) is 0 Å². The molecule has 0 aromatic heterocycles. The molecular weight excluding hydrogens is 238 g/mol. The Labute approximate surface area is 116 Å². The van der Waals surface area contributed by atoms with Gasteiger partial charge in [-0.25, -0.2) is 0 Å². The maximum absolute atomic E-state index is 5.87. The Bertz CT molecular complexity index is 371. The van der Waals surface area contributed by atoms with E-state index >= 15 is 0 Å². The molecule has 2 heteroatoms. The van der Waals surface area contributed by atoms with E-state index in [1.807, 2.05) is 18.7 Å². The first kappa shape index (κ1) is 14.0. The number of benzene rings is 1. The van der Waals surface area contributed by atoms with Gasteiger partial charge in [0.25, 0.3) is 0 Å². The second-order valence-electron chi connectivity index (χ2n) is 5.87. The summed E-state index contributed by atoms with van der Waals surface area (Å²) < 4.78 is 0. The Morgan fingerprint density at radius 1 is 1.11 bits per heavy atom. The standard InChI is InChI=1S/C16H25NS/c1-11-4-7-16(10-12(11)2)18-15-8-5-14(6-9-15)13(3)17/h5-6,8-9,11-13,16H,4,7,10,17H2,1-3H3. The van der Waals surface area contributed by atoms with Crippen LogP contribution in [0.5, 0.6) is 0 Å². The van der Waals surface area contributed by atoms with Crippen molar-refractivity contribution in [2.24, 2.45) is 17.6 Å². The minimum atomic E-state index is 0.139. The van der Waals surface area contributed by atoms with E-state index in [1.165, 1.54) is 29.7 Å². The Morgan fingerprint density at radius 2 is 1.78 bits per heavy atom. The summed E-state index contributed by atoms with van der Waals surface area (Å²) in [5.74, 6) is 1.78. The van der Waals surface area contributed by atoms with Crippen molar-refractivity contribution in [3.63, 3.8) is 0 Å². The van der Waals surface area contributed by atoms with Gasteiger partial charge in [0.1, 0.15) is 0 Å². The molecule has 0 radical (unpaired) electrons. The summed E-state index contributed by atoms with van der Waals surface area (Å²) in [5.41, 5.74) is 7.10. The fourth-order valence-corrected chi connectivity index (χ4v) is 3.98. The molecular formula is C16H25NS. The zero-order valence-corrected chi connectivity index (χ0v) is 12.5. The monoisotopic (exact) mass is 263 g/mol. The highest BCUT2D eigenvalue weighted by molar-refractivity contribution is 8.00. The lowest BCUT2D eigenvalue weighted by atomic mass is 9.81. The van der Waals surface area contributed by atoms with E-state index in [0.717, 1.165) is 17.1 Å². The molecule has 4 atom stereocenters. The first-order valence-electron chi connectivity index (χ1n) is 7.08. The van der Waals surface area contributed by atoms with Gasteiger partial charge < -0.3 is 5.73 Å². The van der Waals surface area contributed by atoms with Crippen LogP contribution in [0.4, 0.5) is 0 Å². The van der Waals surface area contributed by atoms with Gasteiger partial charge >= 0.3 is 0 Å². The van der Waals surface area contributed by atoms with Gasteiger partial charge in [0, 0.05) is 16.2 Å². The van der Waals surface area contributed by atoms with E-state index in [1.54, 1.807) is 0 Å². The van der Waals surface area contributed by atoms with Gasteiger partial charge in [-0.3, -0.25) is 0 Å². The summed E-state index contributed by atoms with van der Waals surface area (Å²) in [6.45, 7) is 6.83. The second kappa shape index (κ2) is 6.12. The molecule has 100 valence electrons. The van der Waals surface area contributed by atoms with Crippen LogP contribution >= 0.6 is 11.8 Å². The number of thioether (sulfide) groups is 1. The predicted octanol–water partition coefficient (Wildman–Crippen LogP) is 4.62. The quantitative estimate of drug-likeness (QED) is 0.861. The van der Waals surface area contributed by atoms with E-state index in [4.69, 9.17) is 5.73 Å². The average Bonchev–Trinajstić information content (AvgIpc) is 2.34. The van der Waals surface area contributed by atoms with Gasteiger partial charge in [0.05, 0.1) is 0 Å². The molecule has 0 spiro atoms. The van der Waals surface area contributed by atoms with Crippen molar-refractivity contribution in [2.75, 3.05) is 0 Å². The third kappa shape index (κ3) is 3.52. The molecule has 1 aliphatic carbocycles. The Morgan fingerprint density at radius 3 is 2.33 bits per heavy atom. The number of hydrogen-bond acceptors (Lipinski definition) is 2. The molecule has 4 unspecified atom stereocenters. The second-order valence-corrected chi connectivity index (χ2v) is 7.24. The highest BCUT2D eigenvalue weighted by atomic mass is 32.2. The molecule has 1 fully saturated rings. The smallest absolute Gasteiger partial charge is 0.0266 e. The molecule has 0 heterocycles. The Kier molecular flexibility index (Phi) is 4.74. The molecule has 0 aliphatic heterocycles. The fraction of sp³-hybridized carbons (Fsp3) is 0.625. The highest BCUT2D eigenvalue weighted by Crippen LogP contribution is 2.38. The number of nitrogens with two attached hydrogens (primary N) is 1. The summed E-state index contributed by atoms with van der Waals surface area (Å²) >= 11 is 2.05. The fourth-order valence-electron chi connectivity index (χ4n) is 2.65. The third-order valence-electron chi connectivity index (χ3n) is 4.26. The summed E-state index contributed by atoms with van der Waals surface area (Å²) in [4.78, 5) is 1.39. The van der Waals surface area contributed by atoms with Crippen molar-refractivity contribution in [3.8, 4) is 0 Å². The van der Waals surface area contributed by atoms with Crippen LogP contribution in [-0.2, 0) is 0 Å². The lowest BCUT2D eigenvalue weighted by Gasteiger charge is -2.31. The van der Waals surface area contributed by atoms with Crippen LogP contribution in [0.25, 0.3) is 0 Å². The van der Waals surface area contributed by atoms with Crippen LogP contribution in [0.15, 0.2) is 29.2 Å². The normalized spacial score (nSPS) is 30.1. The maximum Gasteiger partial charge on any atom is 0.0266 e. The molecule has 1 saturated carbocycles. The predicted molar refractivity (Wildman–Crippen MR) is 80.9 cm³/mol. The molecule has 2 rings (SSSR count). The maximum atomic E-state index is 5.87. The van der Waals surface area contributed by atoms with Crippen LogP contribution < -0.4 is 5.73 Å². The van der Waals surface area contributed by atoms with Gasteiger partial charge in [-0.05, 0) is 55.7 Å². The van der Waals surface area contributed by atoms with Crippen molar-refractivity contribution in [1.29, 1.82) is 0 Å². The van der Waals surface area contributed by atoms with Crippen LogP contribution in [0.3, 0.4) is 0 Å². The largest absolute Gasteiger partial charge is 0.324 e. The molecule has 1 aromatic rings. The van der Waals surface area contributed by atoms with Crippen LogP contribution in [0, 0.1) is 11.8 Å². The molecule has 2 N–H and O–H groups in total. The molecule has 1 aliphatic rings. The molecule has 1 nitrogen and oxygen atoms in total. The average molecular weight is 263 g/mol. The minimum absolute atomic E-state index is 0.139. The van der Waals surface area contributed by atoms with Crippen LogP contribution in [0.1, 0.15) is 51.6 Å². The van der Waals surface area contributed by atoms with Crippen molar-refractivity contribution in [3.05, 3.63) is 29.8 Å². The Balaban J connectivity index is 1.93. The molecule has 0 bridgehead atoms. The Hall–Kier alpha value is -0.470. The highest BCUT2D eigenvalue weighted by Gasteiger charge is 2.24. The van der Waals surface area contributed by atoms with E-state index in [2.05, 4.69) is 38.1 Å². The summed E-state index contributed by atoms with van der Waals surface area (Å²) in [5, 5.41) is 0.803. The first-order chi connectivity index (χ1) is 8.56. The van der Waals surface area contributed by atoms with Crippen molar-refractivity contribution in [2.45, 2.75) is 56.2 Å². The molecule has 18 heavy (non-hydrogen) atoms. The van der Waals surface area contributed by atoms with E-state index < -0.39 is 0 Å². The van der Waals surface area contributed by atoms with Crippen molar-refractivity contribution >= 4 is 11.8 Å². The third-order valence-corrected chi connectivity index (χ3v) is 5.56. The van der Waals surface area contributed by atoms with Crippen LogP contribution in [-0.4, -0.2) is 5.25 Å². The lowest BCUT2D eigenvalue weighted by molar-refractivity contribution is 0.283. The molecule has 0 saturated heterocycles. The van der Waals surface area contributed by atoms with Gasteiger partial charge in [-0.1, -0.05) is 26.0 Å². The molecule has 0 amide bonds. The number of rotatable bonds is 3. The molecule has 1 aromatic carbocycles. The van der Waals surface area contributed by atoms with Gasteiger partial charge in [-0.2, -0.15) is 0 Å². The van der Waals surface area contributed by atoms with E-state index in [9.17, 15) is 0 Å². The topological polar surface area (TPSA) is 26.0 Å². The van der Waals surface area contributed by atoms with Crippen molar-refractivity contribution in [1.82, 2.24) is 0 Å². The van der Waals surface area contributed by atoms with Gasteiger partial charge in [0.15, 0.2) is 0 Å². The van der Waals surface area contributed by atoms with E-state index in [-0.39, 0.29) is 6.04 Å². The summed E-state index contributed by atoms with van der Waals surface area (Å²) in [6.07, 6.45) is 4.11. The summed E-state index contributed by atoms with van der Waals surface area (Å²) in [6, 6.07) is 8.93. The lowest BCUT2D eigenvalue weighted by Crippen LogP contribution is -2.22. The zero-order chi connectivity index (χ0) is 13.1. The van der Waals surface area contributed by atoms with Crippen molar-refractivity contribution < 1.29 is 0 Å². The first-order valence-corrected chi connectivity index (χ1v) is 7.96. The zero-order valence-electron chi connectivity index (χ0n) is 11.7. The minimum Gasteiger partial charge on any atom is -0.324 e.